The van der Waals surface area contributed by atoms with Gasteiger partial charge in [-0.1, -0.05) is 0 Å². The largest absolute Gasteiger partial charge is 0.384 e. The van der Waals surface area contributed by atoms with Crippen LogP contribution in [-0.2, 0) is 6.54 Å². The maximum atomic E-state index is 7.47. The Hall–Kier alpha value is -0.850. The van der Waals surface area contributed by atoms with E-state index in [1.807, 2.05) is 25.2 Å². The van der Waals surface area contributed by atoms with Gasteiger partial charge in [-0.25, -0.2) is 0 Å². The number of rotatable bonds is 4. The lowest BCUT2D eigenvalue weighted by Gasteiger charge is -2.19. The molecule has 1 heterocycles. The van der Waals surface area contributed by atoms with Crippen LogP contribution in [0.5, 0.6) is 0 Å². The summed E-state index contributed by atoms with van der Waals surface area (Å²) >= 11 is 8.61. The minimum atomic E-state index is 0.0721. The smallest absolute Gasteiger partial charge is 0.123 e. The van der Waals surface area contributed by atoms with Crippen molar-refractivity contribution < 1.29 is 0 Å². The average Bonchev–Trinajstić information content (AvgIpc) is 2.74. The first-order chi connectivity index (χ1) is 8.97. The third-order valence-corrected chi connectivity index (χ3v) is 4.93. The van der Waals surface area contributed by atoms with Gasteiger partial charge in [0, 0.05) is 29.3 Å². The first kappa shape index (κ1) is 14.6. The van der Waals surface area contributed by atoms with Crippen molar-refractivity contribution in [1.29, 1.82) is 5.41 Å². The van der Waals surface area contributed by atoms with Gasteiger partial charge in [-0.2, -0.15) is 0 Å². The lowest BCUT2D eigenvalue weighted by Crippen LogP contribution is -2.17. The molecule has 0 saturated heterocycles. The van der Waals surface area contributed by atoms with Gasteiger partial charge in [0.2, 0.25) is 0 Å². The fourth-order valence-electron chi connectivity index (χ4n) is 1.75. The number of nitrogens with one attached hydrogen (secondary N) is 1. The highest BCUT2D eigenvalue weighted by atomic mass is 79.9. The Morgan fingerprint density at radius 3 is 2.63 bits per heavy atom. The Morgan fingerprint density at radius 2 is 2.11 bits per heavy atom. The predicted octanol–water partition coefficient (Wildman–Crippen LogP) is 4.19. The predicted molar refractivity (Wildman–Crippen MR) is 89.3 cm³/mol. The third kappa shape index (κ3) is 3.58. The quantitative estimate of drug-likeness (QED) is 0.594. The number of amidine groups is 1. The monoisotopic (exact) mass is 401 g/mol. The van der Waals surface area contributed by atoms with Crippen LogP contribution < -0.4 is 10.6 Å². The lowest BCUT2D eigenvalue weighted by atomic mass is 10.2. The van der Waals surface area contributed by atoms with E-state index in [0.717, 1.165) is 26.1 Å². The molecule has 0 radical (unpaired) electrons. The minimum absolute atomic E-state index is 0.0721. The number of thiophene rings is 1. The van der Waals surface area contributed by atoms with E-state index < -0.39 is 0 Å². The maximum absolute atomic E-state index is 7.47. The van der Waals surface area contributed by atoms with E-state index in [9.17, 15) is 0 Å². The minimum Gasteiger partial charge on any atom is -0.384 e. The second-order valence-corrected chi connectivity index (χ2v) is 7.34. The highest BCUT2D eigenvalue weighted by molar-refractivity contribution is 9.11. The van der Waals surface area contributed by atoms with Crippen LogP contribution >= 0.6 is 43.2 Å². The molecule has 0 aliphatic carbocycles. The van der Waals surface area contributed by atoms with Crippen LogP contribution in [0.1, 0.15) is 11.1 Å². The number of nitrogens with zero attached hydrogens (tertiary/aromatic N) is 1. The van der Waals surface area contributed by atoms with E-state index >= 15 is 0 Å². The van der Waals surface area contributed by atoms with Gasteiger partial charge in [-0.05, 0) is 67.1 Å². The van der Waals surface area contributed by atoms with Crippen molar-refractivity contribution in [1.82, 2.24) is 0 Å². The van der Waals surface area contributed by atoms with E-state index in [4.69, 9.17) is 11.1 Å². The van der Waals surface area contributed by atoms with Crippen LogP contribution in [0.2, 0.25) is 0 Å². The molecule has 2 rings (SSSR count). The van der Waals surface area contributed by atoms with E-state index in [1.165, 1.54) is 5.56 Å². The summed E-state index contributed by atoms with van der Waals surface area (Å²) in [4.78, 5) is 2.16. The standard InChI is InChI=1S/C13H13Br2N3S/c1-18(6-8-4-12(15)19-7-8)9-2-3-10(13(16)17)11(14)5-9/h2-5,7H,6H2,1H3,(H3,16,17). The molecule has 3 nitrogen and oxygen atoms in total. The van der Waals surface area contributed by atoms with E-state index in [1.54, 1.807) is 11.3 Å². The SMILES string of the molecule is CN(Cc1csc(Br)c1)c1ccc(C(=N)N)c(Br)c1. The lowest BCUT2D eigenvalue weighted by molar-refractivity contribution is 0.926. The van der Waals surface area contributed by atoms with Gasteiger partial charge in [0.1, 0.15) is 5.84 Å². The fraction of sp³-hybridized carbons (Fsp3) is 0.154. The molecule has 0 amide bonds. The number of benzene rings is 1. The molecule has 0 unspecified atom stereocenters. The van der Waals surface area contributed by atoms with Gasteiger partial charge in [0.15, 0.2) is 0 Å². The summed E-state index contributed by atoms with van der Waals surface area (Å²) in [6.07, 6.45) is 0. The molecule has 19 heavy (non-hydrogen) atoms. The summed E-state index contributed by atoms with van der Waals surface area (Å²) in [6.45, 7) is 0.841. The molecule has 1 aromatic carbocycles. The molecule has 0 saturated carbocycles. The van der Waals surface area contributed by atoms with Crippen LogP contribution in [0.3, 0.4) is 0 Å². The number of hydrogen-bond acceptors (Lipinski definition) is 3. The summed E-state index contributed by atoms with van der Waals surface area (Å²) in [7, 11) is 2.04. The fourth-order valence-corrected chi connectivity index (χ4v) is 3.53. The maximum Gasteiger partial charge on any atom is 0.123 e. The Balaban J connectivity index is 2.17. The normalized spacial score (nSPS) is 10.5. The van der Waals surface area contributed by atoms with Crippen molar-refractivity contribution in [2.24, 2.45) is 5.73 Å². The molecule has 0 spiro atoms. The van der Waals surface area contributed by atoms with Crippen LogP contribution in [-0.4, -0.2) is 12.9 Å². The van der Waals surface area contributed by atoms with Crippen LogP contribution in [0, 0.1) is 5.41 Å². The second-order valence-electron chi connectivity index (χ2n) is 4.19. The molecule has 0 aliphatic rings. The number of hydrogen-bond donors (Lipinski definition) is 2. The van der Waals surface area contributed by atoms with Crippen molar-refractivity contribution in [3.8, 4) is 0 Å². The van der Waals surface area contributed by atoms with Crippen molar-refractivity contribution in [2.45, 2.75) is 6.54 Å². The Kier molecular flexibility index (Phi) is 4.65. The first-order valence-electron chi connectivity index (χ1n) is 5.55. The van der Waals surface area contributed by atoms with Gasteiger partial charge < -0.3 is 10.6 Å². The summed E-state index contributed by atoms with van der Waals surface area (Å²) in [5.41, 5.74) is 8.57. The summed E-state index contributed by atoms with van der Waals surface area (Å²) in [5, 5.41) is 9.60. The zero-order chi connectivity index (χ0) is 14.0. The molecule has 3 N–H and O–H groups in total. The molecule has 6 heteroatoms. The van der Waals surface area contributed by atoms with Crippen molar-refractivity contribution in [3.63, 3.8) is 0 Å². The van der Waals surface area contributed by atoms with Crippen LogP contribution in [0.4, 0.5) is 5.69 Å². The highest BCUT2D eigenvalue weighted by Crippen LogP contribution is 2.26. The number of nitrogen functional groups attached to an aromatic ring is 1. The topological polar surface area (TPSA) is 53.1 Å². The number of nitrogens with two attached hydrogens (primary N) is 1. The van der Waals surface area contributed by atoms with E-state index in [0.29, 0.717) is 0 Å². The summed E-state index contributed by atoms with van der Waals surface area (Å²) in [5.74, 6) is 0.0721. The van der Waals surface area contributed by atoms with Gasteiger partial charge in [-0.3, -0.25) is 5.41 Å². The van der Waals surface area contributed by atoms with E-state index in [2.05, 4.69) is 48.2 Å². The molecule has 0 atom stereocenters. The number of halogens is 2. The zero-order valence-electron chi connectivity index (χ0n) is 10.3. The average molecular weight is 403 g/mol. The van der Waals surface area contributed by atoms with Crippen molar-refractivity contribution in [2.75, 3.05) is 11.9 Å². The third-order valence-electron chi connectivity index (χ3n) is 2.73. The molecule has 1 aromatic heterocycles. The van der Waals surface area contributed by atoms with Crippen molar-refractivity contribution in [3.05, 3.63) is 49.0 Å². The molecular formula is C13H13Br2N3S. The zero-order valence-corrected chi connectivity index (χ0v) is 14.3. The van der Waals surface area contributed by atoms with Crippen LogP contribution in [0.15, 0.2) is 37.9 Å². The molecule has 0 aliphatic heterocycles. The highest BCUT2D eigenvalue weighted by Gasteiger charge is 2.08. The number of anilines is 1. The molecule has 0 bridgehead atoms. The molecule has 2 aromatic rings. The van der Waals surface area contributed by atoms with Gasteiger partial charge >= 0.3 is 0 Å². The Labute approximate surface area is 133 Å². The Morgan fingerprint density at radius 1 is 1.37 bits per heavy atom. The van der Waals surface area contributed by atoms with E-state index in [-0.39, 0.29) is 5.84 Å². The first-order valence-corrected chi connectivity index (χ1v) is 8.02. The second kappa shape index (κ2) is 6.07. The summed E-state index contributed by atoms with van der Waals surface area (Å²) in [6, 6.07) is 7.95. The summed E-state index contributed by atoms with van der Waals surface area (Å²) < 4.78 is 1.99. The van der Waals surface area contributed by atoms with Crippen molar-refractivity contribution >= 4 is 54.7 Å². The van der Waals surface area contributed by atoms with Gasteiger partial charge in [0.05, 0.1) is 3.79 Å². The molecular weight excluding hydrogens is 390 g/mol. The molecule has 100 valence electrons. The van der Waals surface area contributed by atoms with Gasteiger partial charge in [0.25, 0.3) is 0 Å². The molecule has 0 fully saturated rings. The Bertz CT molecular complexity index is 610. The van der Waals surface area contributed by atoms with Crippen LogP contribution in [0.25, 0.3) is 0 Å². The van der Waals surface area contributed by atoms with Gasteiger partial charge in [-0.15, -0.1) is 11.3 Å².